The van der Waals surface area contributed by atoms with Crippen molar-refractivity contribution in [3.05, 3.63) is 54.1 Å². The number of carbonyl (C=O) groups excluding carboxylic acids is 1. The van der Waals surface area contributed by atoms with Crippen LogP contribution in [0.3, 0.4) is 0 Å². The lowest BCUT2D eigenvalue weighted by Crippen LogP contribution is -2.30. The number of nitrogens with one attached hydrogen (secondary N) is 1. The number of amides is 1. The summed E-state index contributed by atoms with van der Waals surface area (Å²) in [6, 6.07) is 9.40. The number of thioether (sulfide) groups is 1. The SMILES string of the molecule is CCN(CC)S(=O)(=O)c1cccc(NC(=O)CSc2ccc(F)c(F)c2)c1. The molecule has 0 unspecified atom stereocenters. The Morgan fingerprint density at radius 1 is 1.07 bits per heavy atom. The minimum atomic E-state index is -3.62. The third-order valence-corrected chi connectivity index (χ3v) is 6.76. The van der Waals surface area contributed by atoms with E-state index in [2.05, 4.69) is 5.32 Å². The zero-order chi connectivity index (χ0) is 20.0. The maximum absolute atomic E-state index is 13.2. The minimum Gasteiger partial charge on any atom is -0.325 e. The summed E-state index contributed by atoms with van der Waals surface area (Å²) in [5.41, 5.74) is 0.346. The molecule has 0 aliphatic carbocycles. The van der Waals surface area contributed by atoms with E-state index in [4.69, 9.17) is 0 Å². The molecule has 0 radical (unpaired) electrons. The molecule has 0 saturated heterocycles. The van der Waals surface area contributed by atoms with Gasteiger partial charge in [0.05, 0.1) is 10.6 Å². The van der Waals surface area contributed by atoms with Gasteiger partial charge in [-0.25, -0.2) is 17.2 Å². The minimum absolute atomic E-state index is 0.0297. The third-order valence-electron chi connectivity index (χ3n) is 3.72. The molecule has 146 valence electrons. The number of rotatable bonds is 8. The second kappa shape index (κ2) is 9.29. The summed E-state index contributed by atoms with van der Waals surface area (Å²) in [6.45, 7) is 4.20. The van der Waals surface area contributed by atoms with Gasteiger partial charge >= 0.3 is 0 Å². The zero-order valence-corrected chi connectivity index (χ0v) is 16.5. The Labute approximate surface area is 161 Å². The summed E-state index contributed by atoms with van der Waals surface area (Å²) in [5.74, 6) is -2.34. The van der Waals surface area contributed by atoms with Gasteiger partial charge in [-0.2, -0.15) is 4.31 Å². The summed E-state index contributed by atoms with van der Waals surface area (Å²) in [6.07, 6.45) is 0. The third kappa shape index (κ3) is 5.50. The van der Waals surface area contributed by atoms with E-state index in [-0.39, 0.29) is 16.6 Å². The fourth-order valence-electron chi connectivity index (χ4n) is 2.36. The Hall–Kier alpha value is -1.97. The van der Waals surface area contributed by atoms with Crippen molar-refractivity contribution in [1.29, 1.82) is 0 Å². The first-order chi connectivity index (χ1) is 12.8. The molecule has 9 heteroatoms. The van der Waals surface area contributed by atoms with E-state index in [1.54, 1.807) is 26.0 Å². The topological polar surface area (TPSA) is 66.5 Å². The van der Waals surface area contributed by atoms with Crippen molar-refractivity contribution in [2.24, 2.45) is 0 Å². The average Bonchev–Trinajstić information content (AvgIpc) is 2.64. The summed E-state index contributed by atoms with van der Waals surface area (Å²) >= 11 is 1.05. The number of hydrogen-bond donors (Lipinski definition) is 1. The highest BCUT2D eigenvalue weighted by Gasteiger charge is 2.21. The Kier molecular flexibility index (Phi) is 7.34. The number of benzene rings is 2. The van der Waals surface area contributed by atoms with Gasteiger partial charge < -0.3 is 5.32 Å². The number of nitrogens with zero attached hydrogens (tertiary/aromatic N) is 1. The molecule has 1 N–H and O–H groups in total. The highest BCUT2D eigenvalue weighted by atomic mass is 32.2. The van der Waals surface area contributed by atoms with Crippen LogP contribution in [-0.4, -0.2) is 37.5 Å². The van der Waals surface area contributed by atoms with Gasteiger partial charge in [-0.1, -0.05) is 19.9 Å². The van der Waals surface area contributed by atoms with Crippen LogP contribution in [-0.2, 0) is 14.8 Å². The van der Waals surface area contributed by atoms with E-state index in [1.807, 2.05) is 0 Å². The summed E-state index contributed by atoms with van der Waals surface area (Å²) in [4.78, 5) is 12.6. The number of carbonyl (C=O) groups is 1. The first-order valence-electron chi connectivity index (χ1n) is 8.25. The Bertz CT molecular complexity index is 917. The largest absolute Gasteiger partial charge is 0.325 e. The smallest absolute Gasteiger partial charge is 0.243 e. The molecular formula is C18H20F2N2O3S2. The van der Waals surface area contributed by atoms with Crippen LogP contribution < -0.4 is 5.32 Å². The predicted molar refractivity (Wildman–Crippen MR) is 102 cm³/mol. The molecular weight excluding hydrogens is 394 g/mol. The van der Waals surface area contributed by atoms with Crippen LogP contribution in [0.4, 0.5) is 14.5 Å². The number of sulfonamides is 1. The molecule has 0 spiro atoms. The molecule has 0 heterocycles. The standard InChI is InChI=1S/C18H20F2N2O3S2/c1-3-22(4-2)27(24,25)15-7-5-6-13(10-15)21-18(23)12-26-14-8-9-16(19)17(20)11-14/h5-11H,3-4,12H2,1-2H3,(H,21,23). The molecule has 5 nitrogen and oxygen atoms in total. The van der Waals surface area contributed by atoms with Crippen LogP contribution in [0.15, 0.2) is 52.3 Å². The first-order valence-corrected chi connectivity index (χ1v) is 10.7. The maximum atomic E-state index is 13.2. The monoisotopic (exact) mass is 414 g/mol. The van der Waals surface area contributed by atoms with Crippen LogP contribution in [0.25, 0.3) is 0 Å². The lowest BCUT2D eigenvalue weighted by molar-refractivity contribution is -0.113. The van der Waals surface area contributed by atoms with Gasteiger partial charge in [-0.3, -0.25) is 4.79 Å². The molecule has 0 fully saturated rings. The number of anilines is 1. The van der Waals surface area contributed by atoms with Gasteiger partial charge in [0.15, 0.2) is 11.6 Å². The Balaban J connectivity index is 2.05. The van der Waals surface area contributed by atoms with E-state index < -0.39 is 21.7 Å². The fraction of sp³-hybridized carbons (Fsp3) is 0.278. The van der Waals surface area contributed by atoms with Gasteiger partial charge in [0, 0.05) is 23.7 Å². The van der Waals surface area contributed by atoms with Crippen LogP contribution in [0, 0.1) is 11.6 Å². The molecule has 0 aliphatic heterocycles. The highest BCUT2D eigenvalue weighted by molar-refractivity contribution is 8.00. The molecule has 1 amide bonds. The van der Waals surface area contributed by atoms with Gasteiger partial charge in [0.2, 0.25) is 15.9 Å². The summed E-state index contributed by atoms with van der Waals surface area (Å²) in [7, 11) is -3.62. The zero-order valence-electron chi connectivity index (χ0n) is 14.9. The molecule has 0 aliphatic rings. The predicted octanol–water partition coefficient (Wildman–Crippen LogP) is 3.73. The fourth-order valence-corrected chi connectivity index (χ4v) is 4.58. The molecule has 0 aromatic heterocycles. The van der Waals surface area contributed by atoms with Gasteiger partial charge in [0.1, 0.15) is 0 Å². The average molecular weight is 414 g/mol. The first kappa shape index (κ1) is 21.3. The van der Waals surface area contributed by atoms with Crippen LogP contribution in [0.1, 0.15) is 13.8 Å². The molecule has 2 aromatic rings. The van der Waals surface area contributed by atoms with Crippen molar-refractivity contribution in [3.8, 4) is 0 Å². The van der Waals surface area contributed by atoms with E-state index in [0.29, 0.717) is 23.7 Å². The molecule has 2 aromatic carbocycles. The van der Waals surface area contributed by atoms with Crippen molar-refractivity contribution in [2.75, 3.05) is 24.2 Å². The Morgan fingerprint density at radius 3 is 2.41 bits per heavy atom. The second-order valence-electron chi connectivity index (χ2n) is 5.53. The lowest BCUT2D eigenvalue weighted by Gasteiger charge is -2.18. The van der Waals surface area contributed by atoms with Crippen LogP contribution in [0.5, 0.6) is 0 Å². The van der Waals surface area contributed by atoms with Gasteiger partial charge in [0.25, 0.3) is 0 Å². The van der Waals surface area contributed by atoms with Gasteiger partial charge in [-0.15, -0.1) is 11.8 Å². The second-order valence-corrected chi connectivity index (χ2v) is 8.52. The lowest BCUT2D eigenvalue weighted by atomic mass is 10.3. The van der Waals surface area contributed by atoms with Crippen molar-refractivity contribution >= 4 is 33.4 Å². The van der Waals surface area contributed by atoms with Crippen molar-refractivity contribution in [3.63, 3.8) is 0 Å². The summed E-state index contributed by atoms with van der Waals surface area (Å²) in [5, 5.41) is 2.62. The van der Waals surface area contributed by atoms with Gasteiger partial charge in [-0.05, 0) is 36.4 Å². The van der Waals surface area contributed by atoms with Crippen LogP contribution in [0.2, 0.25) is 0 Å². The molecule has 27 heavy (non-hydrogen) atoms. The van der Waals surface area contributed by atoms with E-state index in [1.165, 1.54) is 22.5 Å². The number of hydrogen-bond acceptors (Lipinski definition) is 4. The number of halogens is 2. The molecule has 0 bridgehead atoms. The normalized spacial score (nSPS) is 11.6. The Morgan fingerprint density at radius 2 is 1.78 bits per heavy atom. The van der Waals surface area contributed by atoms with Crippen molar-refractivity contribution in [2.45, 2.75) is 23.6 Å². The molecule has 0 atom stereocenters. The van der Waals surface area contributed by atoms with Crippen molar-refractivity contribution in [1.82, 2.24) is 4.31 Å². The maximum Gasteiger partial charge on any atom is 0.243 e. The molecule has 0 saturated carbocycles. The van der Waals surface area contributed by atoms with E-state index >= 15 is 0 Å². The molecule has 2 rings (SSSR count). The van der Waals surface area contributed by atoms with E-state index in [0.717, 1.165) is 23.9 Å². The summed E-state index contributed by atoms with van der Waals surface area (Å²) < 4.78 is 52.5. The van der Waals surface area contributed by atoms with Crippen molar-refractivity contribution < 1.29 is 22.0 Å². The van der Waals surface area contributed by atoms with Crippen LogP contribution >= 0.6 is 11.8 Å². The highest BCUT2D eigenvalue weighted by Crippen LogP contribution is 2.22. The van der Waals surface area contributed by atoms with E-state index in [9.17, 15) is 22.0 Å². The quantitative estimate of drug-likeness (QED) is 0.669.